The molecule has 9 saturated carbocycles. The molecule has 12 aliphatic rings. The van der Waals surface area contributed by atoms with Crippen LogP contribution in [-0.4, -0.2) is 151 Å². The van der Waals surface area contributed by atoms with Crippen LogP contribution in [0.2, 0.25) is 0 Å². The first kappa shape index (κ1) is 95.8. The summed E-state index contributed by atoms with van der Waals surface area (Å²) in [5, 5.41) is 42.0. The van der Waals surface area contributed by atoms with Gasteiger partial charge in [-0.3, -0.25) is 33.6 Å². The van der Waals surface area contributed by atoms with Crippen molar-refractivity contribution < 1.29 is 123 Å². The van der Waals surface area contributed by atoms with Gasteiger partial charge in [0.2, 0.25) is 18.0 Å². The Morgan fingerprint density at radius 3 is 1.25 bits per heavy atom. The molecular weight excluding hydrogens is 1440 g/mol. The van der Waals surface area contributed by atoms with Gasteiger partial charge in [-0.15, -0.1) is 0 Å². The van der Waals surface area contributed by atoms with Gasteiger partial charge in [0.15, 0.2) is 0 Å². The van der Waals surface area contributed by atoms with Crippen molar-refractivity contribution in [3.63, 3.8) is 0 Å². The summed E-state index contributed by atoms with van der Waals surface area (Å²) in [4.78, 5) is 94.2. The lowest BCUT2D eigenvalue weighted by molar-refractivity contribution is -0.409. The maximum Gasteiger partial charge on any atom is 0.449 e. The fourth-order valence-electron chi connectivity index (χ4n) is 16.9. The van der Waals surface area contributed by atoms with E-state index in [1.165, 1.54) is 33.1 Å². The number of alkyl halides is 5. The molecule has 12 rings (SSSR count). The summed E-state index contributed by atoms with van der Waals surface area (Å²) in [6, 6.07) is 0. The summed E-state index contributed by atoms with van der Waals surface area (Å²) in [7, 11) is 0. The molecule has 26 heteroatoms. The molecule has 8 unspecified atom stereocenters. The molecule has 110 heavy (non-hydrogen) atoms. The standard InChI is InChI=1S/C22H38O4.C16H26O3.C14H26O2.C12H17F5O4.2C10H16O4/c1-8-17(2,3)16(23)26-22-11-15-9-20(13-22,18(4,5)24)12-21(10-15,14-22)19(6,7)25;1-4-14(2,3)13(17)19-16-8-11-5-12(9-16)7-15(18,6-11)10-16;1-6-13(4,5)12(15)16-14(11(2)3)9-7-8-10-14;1-5-8(2,3)7(18)21-9(4)6-20-11(19,10(9,13)14)12(15,16)17;1-4-10(2,3)9(12)14-7-5-6-13-8(7)11;1-4-10(2,3)9(12)14-8-6-5-7(11)13-8/h15,24-25H,8-14H2,1-7H3;11-12,18H,4-10H2,1-3H3;11H,6-10H2,1-5H3;19H,5-6H2,1-4H3;7H,4-6H2,1-3H3;8H,4-6H2,1-3H3. The van der Waals surface area contributed by atoms with E-state index in [2.05, 4.69) is 23.3 Å². The van der Waals surface area contributed by atoms with Crippen LogP contribution in [0.1, 0.15) is 334 Å². The molecule has 0 aromatic heterocycles. The van der Waals surface area contributed by atoms with Gasteiger partial charge < -0.3 is 63.1 Å². The van der Waals surface area contributed by atoms with Crippen LogP contribution in [0.25, 0.3) is 0 Å². The Morgan fingerprint density at radius 2 is 0.900 bits per heavy atom. The molecule has 0 radical (unpaired) electrons. The number of carbonyl (C=O) groups excluding carboxylic acids is 8. The van der Waals surface area contributed by atoms with Crippen molar-refractivity contribution in [2.24, 2.45) is 67.0 Å². The zero-order chi connectivity index (χ0) is 84.5. The molecule has 3 heterocycles. The van der Waals surface area contributed by atoms with Crippen LogP contribution in [0.5, 0.6) is 0 Å². The molecular formula is C84H139F5O21. The molecule has 0 spiro atoms. The highest BCUT2D eigenvalue weighted by atomic mass is 19.4. The van der Waals surface area contributed by atoms with Crippen LogP contribution < -0.4 is 0 Å². The van der Waals surface area contributed by atoms with E-state index in [0.717, 1.165) is 83.5 Å². The Morgan fingerprint density at radius 1 is 0.509 bits per heavy atom. The smallest absolute Gasteiger partial charge is 0.449 e. The van der Waals surface area contributed by atoms with E-state index >= 15 is 0 Å². The van der Waals surface area contributed by atoms with Gasteiger partial charge in [0.05, 0.1) is 68.9 Å². The second kappa shape index (κ2) is 33.8. The van der Waals surface area contributed by atoms with Crippen LogP contribution in [0.15, 0.2) is 0 Å². The topological polar surface area (TPSA) is 301 Å². The van der Waals surface area contributed by atoms with Gasteiger partial charge in [0, 0.05) is 30.1 Å². The number of hydrogen-bond donors (Lipinski definition) is 4. The minimum atomic E-state index is -5.74. The van der Waals surface area contributed by atoms with Gasteiger partial charge in [-0.05, 0) is 276 Å². The second-order valence-electron chi connectivity index (χ2n) is 39.6. The Kier molecular flexibility index (Phi) is 29.4. The minimum absolute atomic E-state index is 0.0226. The summed E-state index contributed by atoms with van der Waals surface area (Å²) in [6.45, 7) is 44.8. The average molecular weight is 1580 g/mol. The normalized spacial score (nSPS) is 31.9. The molecule has 4 N–H and O–H groups in total. The molecule has 8 bridgehead atoms. The minimum Gasteiger partial charge on any atom is -0.463 e. The molecule has 0 aromatic carbocycles. The lowest BCUT2D eigenvalue weighted by Gasteiger charge is -2.70. The Bertz CT molecular complexity index is 3190. The van der Waals surface area contributed by atoms with Crippen molar-refractivity contribution >= 4 is 47.8 Å². The van der Waals surface area contributed by atoms with E-state index in [-0.39, 0.29) is 69.7 Å². The first-order chi connectivity index (χ1) is 49.8. The van der Waals surface area contributed by atoms with Crippen LogP contribution in [0.3, 0.4) is 0 Å². The first-order valence-corrected chi connectivity index (χ1v) is 40.5. The number of rotatable bonds is 21. The van der Waals surface area contributed by atoms with Crippen molar-refractivity contribution in [2.45, 2.75) is 403 Å². The van der Waals surface area contributed by atoms with Crippen LogP contribution >= 0.6 is 0 Å². The summed E-state index contributed by atoms with van der Waals surface area (Å²) >= 11 is 0. The zero-order valence-electron chi connectivity index (χ0n) is 71.2. The molecule has 636 valence electrons. The number of ether oxygens (including phenoxy) is 9. The predicted octanol–water partition coefficient (Wildman–Crippen LogP) is 16.8. The molecule has 0 amide bonds. The summed E-state index contributed by atoms with van der Waals surface area (Å²) < 4.78 is 112. The lowest BCUT2D eigenvalue weighted by Crippen LogP contribution is -2.70. The molecule has 9 aliphatic carbocycles. The molecule has 0 aromatic rings. The largest absolute Gasteiger partial charge is 0.463 e. The maximum atomic E-state index is 14.0. The second-order valence-corrected chi connectivity index (χ2v) is 39.6. The number of halogens is 5. The SMILES string of the molecule is CCC(C)(C)C(=O)OC1(C(C)C)CCCC1.CCC(C)(C)C(=O)OC1(C)COC(O)(C(F)(F)F)C1(F)F.CCC(C)(C)C(=O)OC12CC3CC(C(C)(C)O)(C1)CC(C(C)(C)O)(C3)C2.CCC(C)(C)C(=O)OC12CC3CC(CC(O)(C3)C1)C2.CCC(C)(C)C(=O)OC1CCC(=O)O1.CCC(C)(C)C(=O)OC1CCOC1=O. The lowest BCUT2D eigenvalue weighted by atomic mass is 9.37. The van der Waals surface area contributed by atoms with Gasteiger partial charge in [0.1, 0.15) is 16.8 Å². The van der Waals surface area contributed by atoms with E-state index < -0.39 is 104 Å². The van der Waals surface area contributed by atoms with Crippen molar-refractivity contribution in [3.05, 3.63) is 0 Å². The highest BCUT2D eigenvalue weighted by Gasteiger charge is 2.83. The van der Waals surface area contributed by atoms with Crippen LogP contribution in [0.4, 0.5) is 22.0 Å². The van der Waals surface area contributed by atoms with E-state index in [4.69, 9.17) is 33.2 Å². The number of hydrogen-bond acceptors (Lipinski definition) is 21. The Balaban J connectivity index is 0.000000240. The highest BCUT2D eigenvalue weighted by molar-refractivity contribution is 5.83. The van der Waals surface area contributed by atoms with Crippen LogP contribution in [0, 0.1) is 67.0 Å². The third-order valence-corrected chi connectivity index (χ3v) is 27.2. The van der Waals surface area contributed by atoms with Crippen molar-refractivity contribution in [3.8, 4) is 0 Å². The van der Waals surface area contributed by atoms with Crippen molar-refractivity contribution in [2.75, 3.05) is 13.2 Å². The number of cyclic esters (lactones) is 2. The fourth-order valence-corrected chi connectivity index (χ4v) is 16.9. The fraction of sp³-hybridized carbons (Fsp3) is 0.905. The van der Waals surface area contributed by atoms with E-state index in [1.54, 1.807) is 20.8 Å². The van der Waals surface area contributed by atoms with E-state index in [9.17, 15) is 80.7 Å². The Hall–Kier alpha value is -4.79. The summed E-state index contributed by atoms with van der Waals surface area (Å²) in [5.41, 5.74) is -10.3. The third-order valence-electron chi connectivity index (χ3n) is 27.2. The maximum absolute atomic E-state index is 14.0. The zero-order valence-corrected chi connectivity index (χ0v) is 71.2. The van der Waals surface area contributed by atoms with Gasteiger partial charge in [-0.2, -0.15) is 22.0 Å². The molecule has 3 aliphatic heterocycles. The van der Waals surface area contributed by atoms with Crippen molar-refractivity contribution in [1.29, 1.82) is 0 Å². The predicted molar refractivity (Wildman–Crippen MR) is 400 cm³/mol. The van der Waals surface area contributed by atoms with Crippen LogP contribution in [-0.2, 0) is 81.0 Å². The number of carbonyl (C=O) groups is 8. The average Bonchev–Trinajstić information content (AvgIpc) is 0.896. The summed E-state index contributed by atoms with van der Waals surface area (Å²) in [5.74, 6) is -10.3. The van der Waals surface area contributed by atoms with E-state index in [1.807, 2.05) is 118 Å². The van der Waals surface area contributed by atoms with Gasteiger partial charge in [-0.1, -0.05) is 55.4 Å². The molecule has 3 saturated heterocycles. The first-order valence-electron chi connectivity index (χ1n) is 40.5. The van der Waals surface area contributed by atoms with Gasteiger partial charge in [-0.25, -0.2) is 4.79 Å². The highest BCUT2D eigenvalue weighted by Crippen LogP contribution is 2.73. The number of esters is 8. The third kappa shape index (κ3) is 21.1. The van der Waals surface area contributed by atoms with Gasteiger partial charge in [0.25, 0.3) is 0 Å². The summed E-state index contributed by atoms with van der Waals surface area (Å²) in [6.07, 6.45) is 13.3. The quantitative estimate of drug-likeness (QED) is 0.0471. The number of aliphatic hydroxyl groups is 4. The van der Waals surface area contributed by atoms with Gasteiger partial charge >= 0.3 is 65.6 Å². The Labute approximate surface area is 651 Å². The molecule has 21 nitrogen and oxygen atoms in total. The van der Waals surface area contributed by atoms with Crippen molar-refractivity contribution in [1.82, 2.24) is 0 Å². The molecule has 8 atom stereocenters. The molecule has 12 fully saturated rings. The van der Waals surface area contributed by atoms with E-state index in [0.29, 0.717) is 88.6 Å². The monoisotopic (exact) mass is 1580 g/mol.